The third kappa shape index (κ3) is 5.69. The van der Waals surface area contributed by atoms with Crippen molar-refractivity contribution in [2.45, 2.75) is 125 Å². The highest BCUT2D eigenvalue weighted by Crippen LogP contribution is 2.62. The normalized spacial score (nSPS) is 35.9. The lowest BCUT2D eigenvalue weighted by molar-refractivity contribution is 0.0324. The molecule has 2 N–H and O–H groups in total. The van der Waals surface area contributed by atoms with Gasteiger partial charge in [0.25, 0.3) is 0 Å². The third-order valence-corrected chi connectivity index (χ3v) is 10.0. The molecule has 2 unspecified atom stereocenters. The van der Waals surface area contributed by atoms with E-state index in [9.17, 15) is 10.2 Å². The van der Waals surface area contributed by atoms with Crippen LogP contribution >= 0.6 is 0 Å². The topological polar surface area (TPSA) is 40.5 Å². The molecule has 0 aromatic heterocycles. The summed E-state index contributed by atoms with van der Waals surface area (Å²) in [5.41, 5.74) is 5.96. The molecule has 0 aromatic rings. The number of hydrogen-bond donors (Lipinski definition) is 2. The van der Waals surface area contributed by atoms with Crippen LogP contribution in [0.15, 0.2) is 34.9 Å². The number of allylic oxidation sites excluding steroid dienone is 3. The molecular formula is C31H52O2. The van der Waals surface area contributed by atoms with Crippen molar-refractivity contribution in [3.8, 4) is 0 Å². The third-order valence-electron chi connectivity index (χ3n) is 10.0. The Balaban J connectivity index is 1.81. The first kappa shape index (κ1) is 26.7. The SMILES string of the molecule is C=C1[C@H](O)CC(=C/C(C)=C2\CCC[C@@]3(C)C2CCC3[C@@H](C)C(C)(C)CCC(C)(C)C)C[C@H]1O. The molecule has 2 heteroatoms. The van der Waals surface area contributed by atoms with E-state index in [2.05, 4.69) is 68.0 Å². The van der Waals surface area contributed by atoms with Crippen molar-refractivity contribution in [2.75, 3.05) is 0 Å². The van der Waals surface area contributed by atoms with Gasteiger partial charge in [-0.1, -0.05) is 77.8 Å². The molecule has 0 spiro atoms. The highest BCUT2D eigenvalue weighted by atomic mass is 16.3. The zero-order valence-corrected chi connectivity index (χ0v) is 22.9. The van der Waals surface area contributed by atoms with E-state index >= 15 is 0 Å². The van der Waals surface area contributed by atoms with Gasteiger partial charge < -0.3 is 10.2 Å². The summed E-state index contributed by atoms with van der Waals surface area (Å²) in [5, 5.41) is 20.6. The minimum atomic E-state index is -0.610. The summed E-state index contributed by atoms with van der Waals surface area (Å²) in [6, 6.07) is 0. The van der Waals surface area contributed by atoms with Crippen molar-refractivity contribution in [1.29, 1.82) is 0 Å². The van der Waals surface area contributed by atoms with Gasteiger partial charge in [-0.15, -0.1) is 0 Å². The fraction of sp³-hybridized carbons (Fsp3) is 0.806. The van der Waals surface area contributed by atoms with E-state index in [0.717, 1.165) is 11.8 Å². The minimum Gasteiger partial charge on any atom is -0.388 e. The van der Waals surface area contributed by atoms with E-state index in [0.29, 0.717) is 40.6 Å². The second-order valence-electron chi connectivity index (χ2n) is 14.0. The van der Waals surface area contributed by atoms with E-state index in [4.69, 9.17) is 0 Å². The van der Waals surface area contributed by atoms with Crippen molar-refractivity contribution >= 4 is 0 Å². The summed E-state index contributed by atoms with van der Waals surface area (Å²) in [6.45, 7) is 23.4. The van der Waals surface area contributed by atoms with Crippen LogP contribution in [0.4, 0.5) is 0 Å². The molecule has 3 fully saturated rings. The first-order valence-electron chi connectivity index (χ1n) is 13.6. The molecule has 2 nitrogen and oxygen atoms in total. The Morgan fingerprint density at radius 3 is 2.27 bits per heavy atom. The first-order chi connectivity index (χ1) is 15.2. The molecule has 188 valence electrons. The standard InChI is InChI=1S/C31H52O2/c1-20(17-23-18-27(32)21(2)28(33)19-23)24-11-10-14-31(9)25(12-13-26(24)31)22(3)30(7,8)16-15-29(4,5)6/h17,22,25-28,32-33H,2,10-16,18-19H2,1,3-9H3/b24-20+/t22-,25?,26?,27-,28-,31-/m1/s1. The van der Waals surface area contributed by atoms with Crippen molar-refractivity contribution in [3.05, 3.63) is 34.9 Å². The molecule has 0 heterocycles. The van der Waals surface area contributed by atoms with Gasteiger partial charge in [0.05, 0.1) is 12.2 Å². The number of hydrogen-bond acceptors (Lipinski definition) is 2. The predicted octanol–water partition coefficient (Wildman–Crippen LogP) is 8.01. The second-order valence-corrected chi connectivity index (χ2v) is 14.0. The Morgan fingerprint density at radius 2 is 1.70 bits per heavy atom. The lowest BCUT2D eigenvalue weighted by atomic mass is 9.56. The van der Waals surface area contributed by atoms with Crippen LogP contribution in [0.5, 0.6) is 0 Å². The van der Waals surface area contributed by atoms with Gasteiger partial charge in [-0.25, -0.2) is 0 Å². The van der Waals surface area contributed by atoms with E-state index in [-0.39, 0.29) is 0 Å². The first-order valence-corrected chi connectivity index (χ1v) is 13.6. The summed E-state index contributed by atoms with van der Waals surface area (Å²) in [4.78, 5) is 0. The van der Waals surface area contributed by atoms with E-state index in [1.807, 2.05) is 0 Å². The molecule has 0 bridgehead atoms. The van der Waals surface area contributed by atoms with Crippen LogP contribution < -0.4 is 0 Å². The van der Waals surface area contributed by atoms with Gasteiger partial charge in [-0.05, 0) is 104 Å². The Bertz CT molecular complexity index is 776. The number of rotatable bonds is 5. The van der Waals surface area contributed by atoms with Crippen molar-refractivity contribution in [3.63, 3.8) is 0 Å². The van der Waals surface area contributed by atoms with Crippen molar-refractivity contribution < 1.29 is 10.2 Å². The molecule has 33 heavy (non-hydrogen) atoms. The van der Waals surface area contributed by atoms with Crippen LogP contribution in [-0.4, -0.2) is 22.4 Å². The van der Waals surface area contributed by atoms with Crippen LogP contribution in [0.1, 0.15) is 113 Å². The number of aliphatic hydroxyl groups is 2. The minimum absolute atomic E-state index is 0.366. The van der Waals surface area contributed by atoms with Gasteiger partial charge in [-0.2, -0.15) is 0 Å². The second kappa shape index (κ2) is 9.65. The van der Waals surface area contributed by atoms with E-state index < -0.39 is 12.2 Å². The smallest absolute Gasteiger partial charge is 0.0809 e. The van der Waals surface area contributed by atoms with Gasteiger partial charge >= 0.3 is 0 Å². The van der Waals surface area contributed by atoms with E-state index in [1.165, 1.54) is 56.1 Å². The van der Waals surface area contributed by atoms with Gasteiger partial charge in [-0.3, -0.25) is 0 Å². The fourth-order valence-corrected chi connectivity index (χ4v) is 7.37. The predicted molar refractivity (Wildman–Crippen MR) is 141 cm³/mol. The average molecular weight is 457 g/mol. The summed E-state index contributed by atoms with van der Waals surface area (Å²) in [7, 11) is 0. The number of aliphatic hydroxyl groups excluding tert-OH is 2. The molecule has 0 radical (unpaired) electrons. The van der Waals surface area contributed by atoms with Crippen LogP contribution in [0, 0.1) is 34.0 Å². The fourth-order valence-electron chi connectivity index (χ4n) is 7.37. The molecule has 6 atom stereocenters. The zero-order valence-electron chi connectivity index (χ0n) is 22.9. The van der Waals surface area contributed by atoms with Gasteiger partial charge in [0.15, 0.2) is 0 Å². The monoisotopic (exact) mass is 456 g/mol. The molecule has 3 rings (SSSR count). The average Bonchev–Trinajstić information content (AvgIpc) is 3.06. The maximum atomic E-state index is 10.3. The van der Waals surface area contributed by atoms with Gasteiger partial charge in [0.1, 0.15) is 0 Å². The summed E-state index contributed by atoms with van der Waals surface area (Å²) in [6.07, 6.45) is 11.4. The van der Waals surface area contributed by atoms with Crippen LogP contribution in [0.2, 0.25) is 0 Å². The molecule has 3 aliphatic carbocycles. The van der Waals surface area contributed by atoms with Crippen LogP contribution in [-0.2, 0) is 0 Å². The molecule has 0 amide bonds. The quantitative estimate of drug-likeness (QED) is 0.411. The maximum Gasteiger partial charge on any atom is 0.0809 e. The molecular weight excluding hydrogens is 404 g/mol. The lowest BCUT2D eigenvalue weighted by Gasteiger charge is -2.48. The Kier molecular flexibility index (Phi) is 7.82. The summed E-state index contributed by atoms with van der Waals surface area (Å²) in [5.74, 6) is 2.19. The van der Waals surface area contributed by atoms with Gasteiger partial charge in [0, 0.05) is 0 Å². The zero-order chi connectivity index (χ0) is 24.8. The molecule has 3 aliphatic rings. The highest BCUT2D eigenvalue weighted by molar-refractivity contribution is 5.35. The summed E-state index contributed by atoms with van der Waals surface area (Å²) >= 11 is 0. The molecule has 0 saturated heterocycles. The van der Waals surface area contributed by atoms with Crippen molar-refractivity contribution in [1.82, 2.24) is 0 Å². The number of fused-ring (bicyclic) bond motifs is 1. The molecule has 0 aliphatic heterocycles. The maximum absolute atomic E-state index is 10.3. The largest absolute Gasteiger partial charge is 0.388 e. The van der Waals surface area contributed by atoms with Crippen LogP contribution in [0.25, 0.3) is 0 Å². The Labute approximate surface area is 204 Å². The molecule has 0 aromatic carbocycles. The Morgan fingerprint density at radius 1 is 1.09 bits per heavy atom. The highest BCUT2D eigenvalue weighted by Gasteiger charge is 2.53. The van der Waals surface area contributed by atoms with Crippen molar-refractivity contribution in [2.24, 2.45) is 34.0 Å². The summed E-state index contributed by atoms with van der Waals surface area (Å²) < 4.78 is 0. The molecule has 3 saturated carbocycles. The Hall–Kier alpha value is -0.860. The lowest BCUT2D eigenvalue weighted by Crippen LogP contribution is -2.40. The van der Waals surface area contributed by atoms with E-state index in [1.54, 1.807) is 5.57 Å². The van der Waals surface area contributed by atoms with Crippen LogP contribution in [0.3, 0.4) is 0 Å². The van der Waals surface area contributed by atoms with Gasteiger partial charge in [0.2, 0.25) is 0 Å².